The second-order valence-corrected chi connectivity index (χ2v) is 5.17. The Hall–Kier alpha value is -1.84. The SMILES string of the molecule is OC[C@H]1O[C@@H](n2cc(-c3ccccc3)nn2)[C@H](O)[C@@H](O)[C@@H]1O. The summed E-state index contributed by atoms with van der Waals surface area (Å²) < 4.78 is 6.68. The van der Waals surface area contributed by atoms with Crippen molar-refractivity contribution in [3.63, 3.8) is 0 Å². The molecule has 0 radical (unpaired) electrons. The number of ether oxygens (including phenoxy) is 1. The predicted octanol–water partition coefficient (Wildman–Crippen LogP) is -1.08. The molecule has 1 aliphatic rings. The summed E-state index contributed by atoms with van der Waals surface area (Å²) in [5.41, 5.74) is 1.43. The van der Waals surface area contributed by atoms with Gasteiger partial charge in [-0.25, -0.2) is 4.68 Å². The van der Waals surface area contributed by atoms with E-state index in [-0.39, 0.29) is 0 Å². The molecule has 2 heterocycles. The van der Waals surface area contributed by atoms with Crippen molar-refractivity contribution in [2.45, 2.75) is 30.6 Å². The molecular weight excluding hydrogens is 290 g/mol. The van der Waals surface area contributed by atoms with Crippen LogP contribution in [0.25, 0.3) is 11.3 Å². The van der Waals surface area contributed by atoms with E-state index < -0.39 is 37.3 Å². The topological polar surface area (TPSA) is 121 Å². The van der Waals surface area contributed by atoms with Crippen molar-refractivity contribution < 1.29 is 25.2 Å². The summed E-state index contributed by atoms with van der Waals surface area (Å²) in [7, 11) is 0. The Balaban J connectivity index is 1.86. The van der Waals surface area contributed by atoms with Gasteiger partial charge in [-0.2, -0.15) is 0 Å². The van der Waals surface area contributed by atoms with Crippen LogP contribution >= 0.6 is 0 Å². The van der Waals surface area contributed by atoms with E-state index in [0.717, 1.165) is 5.56 Å². The largest absolute Gasteiger partial charge is 0.394 e. The van der Waals surface area contributed by atoms with E-state index in [0.29, 0.717) is 5.69 Å². The molecule has 1 aliphatic heterocycles. The van der Waals surface area contributed by atoms with Crippen molar-refractivity contribution in [1.82, 2.24) is 15.0 Å². The molecule has 1 saturated heterocycles. The highest BCUT2D eigenvalue weighted by Crippen LogP contribution is 2.28. The molecule has 0 amide bonds. The van der Waals surface area contributed by atoms with Crippen LogP contribution in [0, 0.1) is 0 Å². The molecule has 8 nitrogen and oxygen atoms in total. The third kappa shape index (κ3) is 2.62. The third-order valence-corrected chi connectivity index (χ3v) is 3.71. The number of nitrogens with zero attached hydrogens (tertiary/aromatic N) is 3. The van der Waals surface area contributed by atoms with Crippen molar-refractivity contribution >= 4 is 0 Å². The lowest BCUT2D eigenvalue weighted by Crippen LogP contribution is -2.56. The highest BCUT2D eigenvalue weighted by atomic mass is 16.6. The van der Waals surface area contributed by atoms with E-state index in [9.17, 15) is 20.4 Å². The fraction of sp³-hybridized carbons (Fsp3) is 0.429. The van der Waals surface area contributed by atoms with Gasteiger partial charge in [-0.15, -0.1) is 5.10 Å². The molecule has 0 unspecified atom stereocenters. The molecule has 1 fully saturated rings. The zero-order chi connectivity index (χ0) is 15.7. The van der Waals surface area contributed by atoms with Gasteiger partial charge in [-0.1, -0.05) is 35.5 Å². The fourth-order valence-corrected chi connectivity index (χ4v) is 2.44. The second kappa shape index (κ2) is 6.11. The molecule has 1 aromatic heterocycles. The fourth-order valence-electron chi connectivity index (χ4n) is 2.44. The third-order valence-electron chi connectivity index (χ3n) is 3.71. The molecule has 4 N–H and O–H groups in total. The minimum atomic E-state index is -1.44. The van der Waals surface area contributed by atoms with E-state index >= 15 is 0 Å². The number of aliphatic hydroxyl groups excluding tert-OH is 4. The monoisotopic (exact) mass is 307 g/mol. The lowest BCUT2D eigenvalue weighted by molar-refractivity contribution is -0.254. The Kier molecular flexibility index (Phi) is 4.19. The van der Waals surface area contributed by atoms with Gasteiger partial charge in [0, 0.05) is 5.56 Å². The lowest BCUT2D eigenvalue weighted by atomic mass is 9.98. The average Bonchev–Trinajstić information content (AvgIpc) is 3.04. The summed E-state index contributed by atoms with van der Waals surface area (Å²) in [6.07, 6.45) is -4.67. The highest BCUT2D eigenvalue weighted by molar-refractivity contribution is 5.57. The maximum absolute atomic E-state index is 10.0. The van der Waals surface area contributed by atoms with Crippen molar-refractivity contribution in [3.05, 3.63) is 36.5 Å². The Morgan fingerprint density at radius 3 is 2.45 bits per heavy atom. The van der Waals surface area contributed by atoms with E-state index in [4.69, 9.17) is 4.74 Å². The molecule has 0 aliphatic carbocycles. The standard InChI is InChI=1S/C14H17N3O5/c18-7-10-11(19)12(20)13(21)14(22-10)17-6-9(15-16-17)8-4-2-1-3-5-8/h1-6,10-14,18-21H,7H2/t10-,11-,12+,13-,14-/m1/s1. The van der Waals surface area contributed by atoms with E-state index in [2.05, 4.69) is 10.3 Å². The molecule has 22 heavy (non-hydrogen) atoms. The number of hydrogen-bond acceptors (Lipinski definition) is 7. The average molecular weight is 307 g/mol. The number of benzene rings is 1. The zero-order valence-corrected chi connectivity index (χ0v) is 11.6. The molecule has 5 atom stereocenters. The summed E-state index contributed by atoms with van der Waals surface area (Å²) in [5, 5.41) is 46.7. The molecule has 3 rings (SSSR count). The van der Waals surface area contributed by atoms with Crippen LogP contribution in [0.5, 0.6) is 0 Å². The second-order valence-electron chi connectivity index (χ2n) is 5.17. The number of hydrogen-bond donors (Lipinski definition) is 4. The Morgan fingerprint density at radius 2 is 1.77 bits per heavy atom. The van der Waals surface area contributed by atoms with Gasteiger partial charge in [-0.05, 0) is 0 Å². The molecule has 0 bridgehead atoms. The lowest BCUT2D eigenvalue weighted by Gasteiger charge is -2.39. The molecule has 0 saturated carbocycles. The summed E-state index contributed by atoms with van der Waals surface area (Å²) in [4.78, 5) is 0. The quantitative estimate of drug-likeness (QED) is 0.569. The van der Waals surface area contributed by atoms with E-state index in [1.165, 1.54) is 4.68 Å². The molecule has 2 aromatic rings. The van der Waals surface area contributed by atoms with Crippen LogP contribution in [0.2, 0.25) is 0 Å². The van der Waals surface area contributed by atoms with Crippen LogP contribution in [-0.2, 0) is 4.74 Å². The minimum absolute atomic E-state index is 0.484. The first kappa shape index (κ1) is 15.1. The van der Waals surface area contributed by atoms with E-state index in [1.807, 2.05) is 30.3 Å². The number of rotatable bonds is 3. The zero-order valence-electron chi connectivity index (χ0n) is 11.6. The normalized spacial score (nSPS) is 32.1. The van der Waals surface area contributed by atoms with Gasteiger partial charge in [-0.3, -0.25) is 0 Å². The Morgan fingerprint density at radius 1 is 1.05 bits per heavy atom. The van der Waals surface area contributed by atoms with Crippen LogP contribution in [0.1, 0.15) is 6.23 Å². The number of aromatic nitrogens is 3. The van der Waals surface area contributed by atoms with Gasteiger partial charge in [0.2, 0.25) is 0 Å². The van der Waals surface area contributed by atoms with E-state index in [1.54, 1.807) is 6.20 Å². The van der Waals surface area contributed by atoms with Gasteiger partial charge in [0.25, 0.3) is 0 Å². The summed E-state index contributed by atoms with van der Waals surface area (Å²) in [6, 6.07) is 9.33. The van der Waals surface area contributed by atoms with Crippen molar-refractivity contribution in [1.29, 1.82) is 0 Å². The molecule has 0 spiro atoms. The van der Waals surface area contributed by atoms with Gasteiger partial charge < -0.3 is 25.2 Å². The first-order valence-electron chi connectivity index (χ1n) is 6.89. The maximum Gasteiger partial charge on any atom is 0.180 e. The van der Waals surface area contributed by atoms with Crippen LogP contribution in [0.3, 0.4) is 0 Å². The predicted molar refractivity (Wildman–Crippen MR) is 74.5 cm³/mol. The van der Waals surface area contributed by atoms with Crippen LogP contribution in [0.4, 0.5) is 0 Å². The first-order valence-corrected chi connectivity index (χ1v) is 6.89. The summed E-state index contributed by atoms with van der Waals surface area (Å²) in [6.45, 7) is -0.484. The van der Waals surface area contributed by atoms with Gasteiger partial charge in [0.05, 0.1) is 12.8 Å². The van der Waals surface area contributed by atoms with Crippen LogP contribution in [-0.4, -0.2) is 66.4 Å². The van der Waals surface area contributed by atoms with Gasteiger partial charge in [0.1, 0.15) is 30.1 Å². The van der Waals surface area contributed by atoms with Crippen LogP contribution in [0.15, 0.2) is 36.5 Å². The van der Waals surface area contributed by atoms with Crippen molar-refractivity contribution in [2.75, 3.05) is 6.61 Å². The Labute approximate surface area is 126 Å². The summed E-state index contributed by atoms with van der Waals surface area (Å²) in [5.74, 6) is 0. The van der Waals surface area contributed by atoms with Gasteiger partial charge >= 0.3 is 0 Å². The van der Waals surface area contributed by atoms with Crippen molar-refractivity contribution in [3.8, 4) is 11.3 Å². The highest BCUT2D eigenvalue weighted by Gasteiger charge is 2.44. The van der Waals surface area contributed by atoms with Crippen molar-refractivity contribution in [2.24, 2.45) is 0 Å². The molecule has 1 aromatic carbocycles. The molecule has 8 heteroatoms. The number of aliphatic hydroxyl groups is 4. The molecular formula is C14H17N3O5. The molecule has 118 valence electrons. The first-order chi connectivity index (χ1) is 10.6. The van der Waals surface area contributed by atoms with Gasteiger partial charge in [0.15, 0.2) is 6.23 Å². The Bertz CT molecular complexity index is 618. The summed E-state index contributed by atoms with van der Waals surface area (Å²) >= 11 is 0. The maximum atomic E-state index is 10.0. The van der Waals surface area contributed by atoms with Crippen LogP contribution < -0.4 is 0 Å². The minimum Gasteiger partial charge on any atom is -0.394 e. The smallest absolute Gasteiger partial charge is 0.180 e.